The Morgan fingerprint density at radius 2 is 1.17 bits per heavy atom. The van der Waals surface area contributed by atoms with Gasteiger partial charge in [0, 0.05) is 12.5 Å². The van der Waals surface area contributed by atoms with Crippen molar-refractivity contribution in [3.63, 3.8) is 0 Å². The fourth-order valence-electron chi connectivity index (χ4n) is 3.11. The molecule has 138 valence electrons. The van der Waals surface area contributed by atoms with Crippen molar-refractivity contribution < 1.29 is 4.79 Å². The monoisotopic (exact) mass is 325 g/mol. The first-order valence-corrected chi connectivity index (χ1v) is 10.5. The minimum atomic E-state index is 0.241. The van der Waals surface area contributed by atoms with E-state index in [2.05, 4.69) is 26.1 Å². The number of hydrogen-bond acceptors (Lipinski definition) is 1. The fourth-order valence-corrected chi connectivity index (χ4v) is 3.11. The van der Waals surface area contributed by atoms with Crippen molar-refractivity contribution in [2.24, 2.45) is 5.92 Å². The smallest absolute Gasteiger partial charge is 0.223 e. The second kappa shape index (κ2) is 17.8. The van der Waals surface area contributed by atoms with Gasteiger partial charge in [-0.25, -0.2) is 0 Å². The van der Waals surface area contributed by atoms with Crippen LogP contribution in [0.3, 0.4) is 0 Å². The first-order valence-electron chi connectivity index (χ1n) is 10.5. The maximum atomic E-state index is 12.1. The van der Waals surface area contributed by atoms with Gasteiger partial charge in [-0.2, -0.15) is 0 Å². The third-order valence-corrected chi connectivity index (χ3v) is 4.85. The third kappa shape index (κ3) is 14.8. The summed E-state index contributed by atoms with van der Waals surface area (Å²) in [6, 6.07) is 0. The molecular formula is C21H43NO. The summed E-state index contributed by atoms with van der Waals surface area (Å²) < 4.78 is 0. The summed E-state index contributed by atoms with van der Waals surface area (Å²) in [7, 11) is 0. The van der Waals surface area contributed by atoms with E-state index in [1.165, 1.54) is 70.6 Å². The molecule has 0 spiro atoms. The van der Waals surface area contributed by atoms with Gasteiger partial charge in [0.05, 0.1) is 0 Å². The molecule has 1 amide bonds. The SMILES string of the molecule is CCCCCCCCCCCCCC(CC)C(=O)NCCCC. The highest BCUT2D eigenvalue weighted by Gasteiger charge is 2.14. The van der Waals surface area contributed by atoms with Crippen molar-refractivity contribution in [1.82, 2.24) is 5.32 Å². The fraction of sp³-hybridized carbons (Fsp3) is 0.952. The average molecular weight is 326 g/mol. The van der Waals surface area contributed by atoms with Crippen molar-refractivity contribution in [2.75, 3.05) is 6.54 Å². The van der Waals surface area contributed by atoms with Crippen LogP contribution >= 0.6 is 0 Å². The summed E-state index contributed by atoms with van der Waals surface area (Å²) in [5.74, 6) is 0.526. The molecule has 2 nitrogen and oxygen atoms in total. The standard InChI is InChI=1S/C21H43NO/c1-4-7-9-10-11-12-13-14-15-16-17-18-20(6-3)21(23)22-19-8-5-2/h20H,4-19H2,1-3H3,(H,22,23). The van der Waals surface area contributed by atoms with Gasteiger partial charge in [-0.1, -0.05) is 97.8 Å². The topological polar surface area (TPSA) is 29.1 Å². The highest BCUT2D eigenvalue weighted by Crippen LogP contribution is 2.16. The van der Waals surface area contributed by atoms with Crippen LogP contribution in [0.1, 0.15) is 117 Å². The van der Waals surface area contributed by atoms with Crippen molar-refractivity contribution in [3.05, 3.63) is 0 Å². The summed E-state index contributed by atoms with van der Waals surface area (Å²) in [4.78, 5) is 12.1. The van der Waals surface area contributed by atoms with E-state index in [0.29, 0.717) is 0 Å². The minimum absolute atomic E-state index is 0.241. The van der Waals surface area contributed by atoms with Crippen molar-refractivity contribution in [2.45, 2.75) is 117 Å². The molecule has 23 heavy (non-hydrogen) atoms. The summed E-state index contributed by atoms with van der Waals surface area (Å²) in [6.45, 7) is 7.43. The van der Waals surface area contributed by atoms with E-state index < -0.39 is 0 Å². The van der Waals surface area contributed by atoms with E-state index >= 15 is 0 Å². The number of hydrogen-bond donors (Lipinski definition) is 1. The van der Waals surface area contributed by atoms with Crippen molar-refractivity contribution >= 4 is 5.91 Å². The lowest BCUT2D eigenvalue weighted by atomic mass is 9.96. The molecule has 2 heteroatoms. The molecule has 1 unspecified atom stereocenters. The van der Waals surface area contributed by atoms with Gasteiger partial charge in [0.1, 0.15) is 0 Å². The van der Waals surface area contributed by atoms with E-state index in [-0.39, 0.29) is 11.8 Å². The largest absolute Gasteiger partial charge is 0.356 e. The summed E-state index contributed by atoms with van der Waals surface area (Å²) in [6.07, 6.45) is 19.4. The van der Waals surface area contributed by atoms with Gasteiger partial charge in [0.25, 0.3) is 0 Å². The molecule has 0 aromatic rings. The van der Waals surface area contributed by atoms with E-state index in [4.69, 9.17) is 0 Å². The normalized spacial score (nSPS) is 12.3. The molecule has 0 aromatic heterocycles. The van der Waals surface area contributed by atoms with Crippen LogP contribution in [0, 0.1) is 5.92 Å². The molecule has 0 aliphatic heterocycles. The second-order valence-electron chi connectivity index (χ2n) is 7.07. The van der Waals surface area contributed by atoms with Crippen LogP contribution in [0.2, 0.25) is 0 Å². The molecule has 1 atom stereocenters. The number of carbonyl (C=O) groups is 1. The van der Waals surface area contributed by atoms with Gasteiger partial charge >= 0.3 is 0 Å². The lowest BCUT2D eigenvalue weighted by Gasteiger charge is -2.14. The quantitative estimate of drug-likeness (QED) is 0.299. The molecule has 0 aliphatic carbocycles. The molecule has 0 fully saturated rings. The number of rotatable bonds is 17. The van der Waals surface area contributed by atoms with Gasteiger partial charge in [-0.15, -0.1) is 0 Å². The zero-order valence-corrected chi connectivity index (χ0v) is 16.3. The zero-order chi connectivity index (χ0) is 17.2. The van der Waals surface area contributed by atoms with Crippen molar-refractivity contribution in [1.29, 1.82) is 0 Å². The maximum absolute atomic E-state index is 12.1. The molecule has 0 heterocycles. The first kappa shape index (κ1) is 22.5. The van der Waals surface area contributed by atoms with E-state index in [1.807, 2.05) is 0 Å². The van der Waals surface area contributed by atoms with E-state index in [9.17, 15) is 4.79 Å². The van der Waals surface area contributed by atoms with Crippen LogP contribution in [-0.4, -0.2) is 12.5 Å². The Hall–Kier alpha value is -0.530. The molecular weight excluding hydrogens is 282 g/mol. The van der Waals surface area contributed by atoms with Crippen molar-refractivity contribution in [3.8, 4) is 0 Å². The van der Waals surface area contributed by atoms with Gasteiger partial charge in [0.15, 0.2) is 0 Å². The molecule has 1 N–H and O–H groups in total. The average Bonchev–Trinajstić information content (AvgIpc) is 2.56. The molecule has 0 bridgehead atoms. The Morgan fingerprint density at radius 3 is 1.65 bits per heavy atom. The van der Waals surface area contributed by atoms with Crippen LogP contribution in [0.5, 0.6) is 0 Å². The molecule has 0 saturated carbocycles. The Labute approximate surface area is 146 Å². The predicted molar refractivity (Wildman–Crippen MR) is 103 cm³/mol. The molecule has 0 rings (SSSR count). The van der Waals surface area contributed by atoms with Crippen LogP contribution < -0.4 is 5.32 Å². The number of nitrogens with one attached hydrogen (secondary N) is 1. The number of amides is 1. The highest BCUT2D eigenvalue weighted by molar-refractivity contribution is 5.78. The first-order chi connectivity index (χ1) is 11.3. The van der Waals surface area contributed by atoms with Crippen LogP contribution in [0.15, 0.2) is 0 Å². The molecule has 0 aromatic carbocycles. The predicted octanol–water partition coefficient (Wildman–Crippen LogP) is 6.63. The van der Waals surface area contributed by atoms with Crippen LogP contribution in [0.4, 0.5) is 0 Å². The lowest BCUT2D eigenvalue weighted by Crippen LogP contribution is -2.31. The Kier molecular flexibility index (Phi) is 17.4. The minimum Gasteiger partial charge on any atom is -0.356 e. The summed E-state index contributed by atoms with van der Waals surface area (Å²) >= 11 is 0. The molecule has 0 saturated heterocycles. The Balaban J connectivity index is 3.41. The summed E-state index contributed by atoms with van der Waals surface area (Å²) in [5.41, 5.74) is 0. The van der Waals surface area contributed by atoms with Gasteiger partial charge < -0.3 is 5.32 Å². The lowest BCUT2D eigenvalue weighted by molar-refractivity contribution is -0.125. The van der Waals surface area contributed by atoms with Crippen LogP contribution in [0.25, 0.3) is 0 Å². The van der Waals surface area contributed by atoms with Gasteiger partial charge in [-0.3, -0.25) is 4.79 Å². The zero-order valence-electron chi connectivity index (χ0n) is 16.3. The maximum Gasteiger partial charge on any atom is 0.223 e. The van der Waals surface area contributed by atoms with E-state index in [1.54, 1.807) is 0 Å². The Bertz CT molecular complexity index is 252. The summed E-state index contributed by atoms with van der Waals surface area (Å²) in [5, 5.41) is 3.09. The molecule has 0 radical (unpaired) electrons. The molecule has 0 aliphatic rings. The van der Waals surface area contributed by atoms with E-state index in [0.717, 1.165) is 32.2 Å². The number of unbranched alkanes of at least 4 members (excludes halogenated alkanes) is 11. The number of carbonyl (C=O) groups excluding carboxylic acids is 1. The van der Waals surface area contributed by atoms with Gasteiger partial charge in [-0.05, 0) is 19.3 Å². The third-order valence-electron chi connectivity index (χ3n) is 4.85. The second-order valence-corrected chi connectivity index (χ2v) is 7.07. The van der Waals surface area contributed by atoms with Crippen LogP contribution in [-0.2, 0) is 4.79 Å². The highest BCUT2D eigenvalue weighted by atomic mass is 16.1. The Morgan fingerprint density at radius 1 is 0.696 bits per heavy atom. The van der Waals surface area contributed by atoms with Gasteiger partial charge in [0.2, 0.25) is 5.91 Å².